The highest BCUT2D eigenvalue weighted by molar-refractivity contribution is 5.84. The highest BCUT2D eigenvalue weighted by atomic mass is 16.3. The number of carbonyl (C=O) groups excluding carboxylic acids is 1. The molecule has 4 heteroatoms. The molecule has 3 aliphatic rings. The van der Waals surface area contributed by atoms with Crippen LogP contribution in [0.5, 0.6) is 0 Å². The van der Waals surface area contributed by atoms with Crippen LogP contribution in [-0.4, -0.2) is 58.6 Å². The maximum Gasteiger partial charge on any atom is 0.240 e. The zero-order valence-corrected chi connectivity index (χ0v) is 10.5. The second-order valence-corrected chi connectivity index (χ2v) is 5.85. The maximum absolute atomic E-state index is 12.3. The Hall–Kier alpha value is -0.610. The zero-order chi connectivity index (χ0) is 12.0. The summed E-state index contributed by atoms with van der Waals surface area (Å²) in [6.45, 7) is 4.68. The second-order valence-electron chi connectivity index (χ2n) is 5.85. The molecule has 0 aromatic carbocycles. The van der Waals surface area contributed by atoms with E-state index in [0.717, 1.165) is 32.5 Å². The van der Waals surface area contributed by atoms with Gasteiger partial charge in [-0.05, 0) is 45.1 Å². The molecular formula is C13H22N2O2. The number of nitrogens with zero attached hydrogens (tertiary/aromatic N) is 2. The second kappa shape index (κ2) is 4.25. The largest absolute Gasteiger partial charge is 0.393 e. The van der Waals surface area contributed by atoms with Gasteiger partial charge < -0.3 is 10.0 Å². The number of carbonyl (C=O) groups is 1. The molecule has 0 bridgehead atoms. The summed E-state index contributed by atoms with van der Waals surface area (Å²) in [6, 6.07) is 0.669. The molecule has 2 heterocycles. The van der Waals surface area contributed by atoms with Crippen molar-refractivity contribution >= 4 is 5.91 Å². The van der Waals surface area contributed by atoms with Crippen molar-refractivity contribution in [3.63, 3.8) is 0 Å². The number of amides is 1. The van der Waals surface area contributed by atoms with Crippen molar-refractivity contribution in [3.05, 3.63) is 0 Å². The SMILES string of the molecule is CC(O)C1CCN(C2CCN(C3CC3)C2=O)C1. The Morgan fingerprint density at radius 2 is 2.00 bits per heavy atom. The number of hydrogen-bond donors (Lipinski definition) is 1. The van der Waals surface area contributed by atoms with Gasteiger partial charge in [-0.15, -0.1) is 0 Å². The molecule has 3 atom stereocenters. The van der Waals surface area contributed by atoms with Gasteiger partial charge in [0, 0.05) is 19.1 Å². The van der Waals surface area contributed by atoms with E-state index in [-0.39, 0.29) is 12.1 Å². The lowest BCUT2D eigenvalue weighted by Crippen LogP contribution is -2.41. The molecule has 3 unspecified atom stereocenters. The monoisotopic (exact) mass is 238 g/mol. The molecule has 17 heavy (non-hydrogen) atoms. The van der Waals surface area contributed by atoms with Crippen molar-refractivity contribution in [1.29, 1.82) is 0 Å². The third kappa shape index (κ3) is 2.08. The molecule has 1 saturated carbocycles. The van der Waals surface area contributed by atoms with E-state index >= 15 is 0 Å². The predicted octanol–water partition coefficient (Wildman–Crippen LogP) is 0.452. The highest BCUT2D eigenvalue weighted by Gasteiger charge is 2.44. The molecule has 0 aromatic heterocycles. The van der Waals surface area contributed by atoms with Gasteiger partial charge in [-0.25, -0.2) is 0 Å². The normalized spacial score (nSPS) is 36.8. The molecule has 4 nitrogen and oxygen atoms in total. The first kappa shape index (κ1) is 11.5. The summed E-state index contributed by atoms with van der Waals surface area (Å²) >= 11 is 0. The van der Waals surface area contributed by atoms with Gasteiger partial charge in [0.1, 0.15) is 0 Å². The Morgan fingerprint density at radius 3 is 2.59 bits per heavy atom. The minimum Gasteiger partial charge on any atom is -0.393 e. The third-order valence-corrected chi connectivity index (χ3v) is 4.58. The lowest BCUT2D eigenvalue weighted by atomic mass is 10.0. The lowest BCUT2D eigenvalue weighted by Gasteiger charge is -2.23. The van der Waals surface area contributed by atoms with Crippen LogP contribution < -0.4 is 0 Å². The van der Waals surface area contributed by atoms with Crippen molar-refractivity contribution in [2.24, 2.45) is 5.92 Å². The van der Waals surface area contributed by atoms with E-state index in [1.54, 1.807) is 0 Å². The van der Waals surface area contributed by atoms with Crippen LogP contribution in [0.1, 0.15) is 32.6 Å². The topological polar surface area (TPSA) is 43.8 Å². The van der Waals surface area contributed by atoms with Crippen LogP contribution >= 0.6 is 0 Å². The molecule has 0 aromatic rings. The van der Waals surface area contributed by atoms with Crippen LogP contribution in [-0.2, 0) is 4.79 Å². The first-order valence-corrected chi connectivity index (χ1v) is 6.89. The van der Waals surface area contributed by atoms with Crippen LogP contribution in [0.2, 0.25) is 0 Å². The summed E-state index contributed by atoms with van der Waals surface area (Å²) in [7, 11) is 0. The van der Waals surface area contributed by atoms with Crippen LogP contribution in [0.15, 0.2) is 0 Å². The summed E-state index contributed by atoms with van der Waals surface area (Å²) < 4.78 is 0. The van der Waals surface area contributed by atoms with Gasteiger partial charge in [0.15, 0.2) is 0 Å². The average molecular weight is 238 g/mol. The number of aliphatic hydroxyl groups is 1. The van der Waals surface area contributed by atoms with E-state index in [0.29, 0.717) is 17.9 Å². The Morgan fingerprint density at radius 1 is 1.24 bits per heavy atom. The summed E-state index contributed by atoms with van der Waals surface area (Å²) in [5.74, 6) is 0.705. The Balaban J connectivity index is 1.60. The van der Waals surface area contributed by atoms with E-state index in [1.807, 2.05) is 6.92 Å². The molecule has 96 valence electrons. The minimum atomic E-state index is -0.240. The van der Waals surface area contributed by atoms with Crippen LogP contribution in [0, 0.1) is 5.92 Å². The van der Waals surface area contributed by atoms with Crippen LogP contribution in [0.25, 0.3) is 0 Å². The molecule has 0 radical (unpaired) electrons. The molecule has 2 saturated heterocycles. The van der Waals surface area contributed by atoms with Crippen molar-refractivity contribution in [1.82, 2.24) is 9.80 Å². The fourth-order valence-electron chi connectivity index (χ4n) is 3.27. The Labute approximate surface area is 103 Å². The van der Waals surface area contributed by atoms with Gasteiger partial charge in [0.2, 0.25) is 5.91 Å². The number of aliphatic hydroxyl groups excluding tert-OH is 1. The fraction of sp³-hybridized carbons (Fsp3) is 0.923. The smallest absolute Gasteiger partial charge is 0.240 e. The molecule has 1 aliphatic carbocycles. The average Bonchev–Trinajstić information content (AvgIpc) is 2.88. The highest BCUT2D eigenvalue weighted by Crippen LogP contribution is 2.33. The number of hydrogen-bond acceptors (Lipinski definition) is 3. The summed E-state index contributed by atoms with van der Waals surface area (Å²) in [6.07, 6.45) is 4.19. The van der Waals surface area contributed by atoms with Gasteiger partial charge >= 0.3 is 0 Å². The van der Waals surface area contributed by atoms with E-state index in [9.17, 15) is 9.90 Å². The molecule has 0 spiro atoms. The van der Waals surface area contributed by atoms with Crippen molar-refractivity contribution in [2.45, 2.75) is 50.8 Å². The van der Waals surface area contributed by atoms with Gasteiger partial charge in [-0.1, -0.05) is 0 Å². The molecule has 3 fully saturated rings. The Bertz CT molecular complexity index is 315. The van der Waals surface area contributed by atoms with Gasteiger partial charge in [-0.3, -0.25) is 9.69 Å². The van der Waals surface area contributed by atoms with Crippen molar-refractivity contribution in [3.8, 4) is 0 Å². The summed E-state index contributed by atoms with van der Waals surface area (Å²) in [4.78, 5) is 16.6. The first-order valence-electron chi connectivity index (χ1n) is 6.89. The number of likely N-dealkylation sites (tertiary alicyclic amines) is 2. The summed E-state index contributed by atoms with van der Waals surface area (Å²) in [5.41, 5.74) is 0. The number of rotatable bonds is 3. The molecular weight excluding hydrogens is 216 g/mol. The van der Waals surface area contributed by atoms with Crippen molar-refractivity contribution < 1.29 is 9.90 Å². The van der Waals surface area contributed by atoms with Crippen LogP contribution in [0.4, 0.5) is 0 Å². The first-order chi connectivity index (χ1) is 8.16. The maximum atomic E-state index is 12.3. The molecule has 1 amide bonds. The van der Waals surface area contributed by atoms with Crippen molar-refractivity contribution in [2.75, 3.05) is 19.6 Å². The summed E-state index contributed by atoms with van der Waals surface area (Å²) in [5, 5.41) is 9.61. The van der Waals surface area contributed by atoms with Gasteiger partial charge in [0.25, 0.3) is 0 Å². The molecule has 2 aliphatic heterocycles. The molecule has 1 N–H and O–H groups in total. The third-order valence-electron chi connectivity index (χ3n) is 4.58. The molecule has 3 rings (SSSR count). The zero-order valence-electron chi connectivity index (χ0n) is 10.5. The van der Waals surface area contributed by atoms with E-state index < -0.39 is 0 Å². The van der Waals surface area contributed by atoms with Gasteiger partial charge in [0.05, 0.1) is 12.1 Å². The van der Waals surface area contributed by atoms with Crippen LogP contribution in [0.3, 0.4) is 0 Å². The Kier molecular flexibility index (Phi) is 2.87. The van der Waals surface area contributed by atoms with E-state index in [2.05, 4.69) is 9.80 Å². The van der Waals surface area contributed by atoms with E-state index in [1.165, 1.54) is 12.8 Å². The standard InChI is InChI=1S/C13H22N2O2/c1-9(16)10-4-6-14(8-10)12-5-7-15(13(12)17)11-2-3-11/h9-12,16H,2-8H2,1H3. The van der Waals surface area contributed by atoms with E-state index in [4.69, 9.17) is 0 Å². The van der Waals surface area contributed by atoms with Gasteiger partial charge in [-0.2, -0.15) is 0 Å². The lowest BCUT2D eigenvalue weighted by molar-refractivity contribution is -0.132. The quantitative estimate of drug-likeness (QED) is 0.776. The predicted molar refractivity (Wildman–Crippen MR) is 64.5 cm³/mol. The fourth-order valence-corrected chi connectivity index (χ4v) is 3.27. The minimum absolute atomic E-state index is 0.111.